The monoisotopic (exact) mass is 444 g/mol. The van der Waals surface area contributed by atoms with Crippen LogP contribution in [0.4, 0.5) is 13.2 Å². The second-order valence-corrected chi connectivity index (χ2v) is 7.32. The van der Waals surface area contributed by atoms with Crippen LogP contribution in [0.15, 0.2) is 53.5 Å². The smallest absolute Gasteiger partial charge is 0.379 e. The maximum Gasteiger partial charge on any atom is 0.416 e. The zero-order valence-electron chi connectivity index (χ0n) is 18.0. The van der Waals surface area contributed by atoms with Gasteiger partial charge in [-0.05, 0) is 29.3 Å². The Labute approximate surface area is 186 Å². The maximum atomic E-state index is 12.8. The second-order valence-electron chi connectivity index (χ2n) is 7.32. The van der Waals surface area contributed by atoms with E-state index in [1.807, 2.05) is 12.1 Å². The summed E-state index contributed by atoms with van der Waals surface area (Å²) in [6.45, 7) is 5.10. The van der Waals surface area contributed by atoms with Gasteiger partial charge in [0.15, 0.2) is 5.96 Å². The van der Waals surface area contributed by atoms with E-state index >= 15 is 0 Å². The van der Waals surface area contributed by atoms with E-state index in [1.54, 1.807) is 13.1 Å². The third-order valence-electron chi connectivity index (χ3n) is 5.05. The molecule has 0 aliphatic carbocycles. The van der Waals surface area contributed by atoms with Gasteiger partial charge in [-0.3, -0.25) is 9.89 Å². The van der Waals surface area contributed by atoms with Crippen LogP contribution in [0.5, 0.6) is 0 Å². The Hall–Kier alpha value is -3.02. The van der Waals surface area contributed by atoms with Crippen molar-refractivity contribution in [2.75, 3.05) is 39.9 Å². The molecule has 1 fully saturated rings. The van der Waals surface area contributed by atoms with Crippen molar-refractivity contribution in [2.45, 2.75) is 19.3 Å². The van der Waals surface area contributed by atoms with Crippen LogP contribution < -0.4 is 10.6 Å². The average Bonchev–Trinajstić information content (AvgIpc) is 2.80. The fourth-order valence-corrected chi connectivity index (χ4v) is 3.33. The van der Waals surface area contributed by atoms with Crippen LogP contribution in [-0.4, -0.2) is 50.8 Å². The van der Waals surface area contributed by atoms with E-state index in [0.29, 0.717) is 18.1 Å². The molecule has 2 aromatic rings. The molecule has 8 heteroatoms. The molecule has 1 aliphatic rings. The summed E-state index contributed by atoms with van der Waals surface area (Å²) in [5.41, 5.74) is 2.05. The highest BCUT2D eigenvalue weighted by Crippen LogP contribution is 2.29. The first kappa shape index (κ1) is 23.6. The lowest BCUT2D eigenvalue weighted by molar-refractivity contribution is -0.137. The third kappa shape index (κ3) is 7.29. The summed E-state index contributed by atoms with van der Waals surface area (Å²) in [5, 5.41) is 6.34. The molecule has 1 aliphatic heterocycles. The van der Waals surface area contributed by atoms with E-state index in [-0.39, 0.29) is 6.54 Å². The average molecular weight is 445 g/mol. The number of guanidine groups is 1. The molecule has 0 atom stereocenters. The Balaban J connectivity index is 1.52. The van der Waals surface area contributed by atoms with Crippen LogP contribution in [0.25, 0.3) is 0 Å². The van der Waals surface area contributed by atoms with Crippen LogP contribution >= 0.6 is 0 Å². The van der Waals surface area contributed by atoms with Gasteiger partial charge in [-0.1, -0.05) is 42.2 Å². The molecule has 0 radical (unpaired) electrons. The minimum atomic E-state index is -4.38. The van der Waals surface area contributed by atoms with E-state index in [4.69, 9.17) is 4.74 Å². The summed E-state index contributed by atoms with van der Waals surface area (Å²) < 4.78 is 43.8. The Bertz CT molecular complexity index is 973. The number of halogens is 3. The van der Waals surface area contributed by atoms with Gasteiger partial charge in [-0.2, -0.15) is 13.2 Å². The summed E-state index contributed by atoms with van der Waals surface area (Å²) in [7, 11) is 1.66. The number of nitrogens with one attached hydrogen (secondary N) is 2. The molecule has 0 unspecified atom stereocenters. The number of hydrogen-bond acceptors (Lipinski definition) is 3. The van der Waals surface area contributed by atoms with E-state index < -0.39 is 11.7 Å². The van der Waals surface area contributed by atoms with Crippen molar-refractivity contribution < 1.29 is 17.9 Å². The van der Waals surface area contributed by atoms with Crippen molar-refractivity contribution in [2.24, 2.45) is 4.99 Å². The van der Waals surface area contributed by atoms with Crippen molar-refractivity contribution in [1.82, 2.24) is 15.5 Å². The molecule has 2 N–H and O–H groups in total. The zero-order valence-corrected chi connectivity index (χ0v) is 18.0. The van der Waals surface area contributed by atoms with Crippen molar-refractivity contribution in [1.29, 1.82) is 0 Å². The summed E-state index contributed by atoms with van der Waals surface area (Å²) in [5.74, 6) is 6.17. The van der Waals surface area contributed by atoms with Gasteiger partial charge >= 0.3 is 6.18 Å². The number of benzene rings is 2. The molecule has 1 saturated heterocycles. The molecular formula is C24H27F3N4O. The van der Waals surface area contributed by atoms with Crippen LogP contribution in [-0.2, 0) is 24.0 Å². The maximum absolute atomic E-state index is 12.8. The number of morpholine rings is 1. The van der Waals surface area contributed by atoms with Gasteiger partial charge in [0.05, 0.1) is 25.3 Å². The summed E-state index contributed by atoms with van der Waals surface area (Å²) in [4.78, 5) is 6.56. The van der Waals surface area contributed by atoms with Crippen LogP contribution in [0.1, 0.15) is 22.3 Å². The van der Waals surface area contributed by atoms with Gasteiger partial charge in [0.1, 0.15) is 0 Å². The molecule has 0 spiro atoms. The van der Waals surface area contributed by atoms with Gasteiger partial charge in [-0.25, -0.2) is 0 Å². The van der Waals surface area contributed by atoms with Gasteiger partial charge in [0.25, 0.3) is 0 Å². The SMILES string of the molecule is CN=C(NCC#Cc1cccc(C(F)(F)F)c1)NCc1ccccc1CN1CCOCC1. The number of nitrogens with zero attached hydrogens (tertiary/aromatic N) is 2. The highest BCUT2D eigenvalue weighted by Gasteiger charge is 2.30. The minimum absolute atomic E-state index is 0.255. The molecule has 0 bridgehead atoms. The summed E-state index contributed by atoms with van der Waals surface area (Å²) in [6.07, 6.45) is -4.38. The largest absolute Gasteiger partial charge is 0.416 e. The standard InChI is InChI=1S/C24H27F3N4O/c1-28-23(29-11-5-7-19-6-4-10-22(16-19)24(25,26)27)30-17-20-8-2-3-9-21(20)18-31-12-14-32-15-13-31/h2-4,6,8-10,16H,11-15,17-18H2,1H3,(H2,28,29,30). The second kappa shape index (κ2) is 11.6. The Morgan fingerprint density at radius 3 is 2.53 bits per heavy atom. The van der Waals surface area contributed by atoms with E-state index in [0.717, 1.165) is 45.0 Å². The zero-order chi connectivity index (χ0) is 22.8. The Morgan fingerprint density at radius 1 is 1.06 bits per heavy atom. The van der Waals surface area contributed by atoms with Gasteiger partial charge < -0.3 is 15.4 Å². The van der Waals surface area contributed by atoms with Crippen LogP contribution in [0.3, 0.4) is 0 Å². The molecule has 5 nitrogen and oxygen atoms in total. The molecule has 32 heavy (non-hydrogen) atoms. The molecule has 0 saturated carbocycles. The van der Waals surface area contributed by atoms with Gasteiger partial charge in [0.2, 0.25) is 0 Å². The predicted molar refractivity (Wildman–Crippen MR) is 119 cm³/mol. The van der Waals surface area contributed by atoms with Crippen molar-refractivity contribution in [3.63, 3.8) is 0 Å². The molecule has 1 heterocycles. The first-order chi connectivity index (χ1) is 15.5. The lowest BCUT2D eigenvalue weighted by atomic mass is 10.1. The van der Waals surface area contributed by atoms with Gasteiger partial charge in [-0.15, -0.1) is 0 Å². The lowest BCUT2D eigenvalue weighted by Gasteiger charge is -2.27. The predicted octanol–water partition coefficient (Wildman–Crippen LogP) is 3.25. The molecule has 0 aromatic heterocycles. The van der Waals surface area contributed by atoms with Crippen LogP contribution in [0.2, 0.25) is 0 Å². The van der Waals surface area contributed by atoms with Crippen molar-refractivity contribution in [3.05, 3.63) is 70.8 Å². The molecule has 2 aromatic carbocycles. The molecule has 170 valence electrons. The number of hydrogen-bond donors (Lipinski definition) is 2. The molecular weight excluding hydrogens is 417 g/mol. The fourth-order valence-electron chi connectivity index (χ4n) is 3.33. The lowest BCUT2D eigenvalue weighted by Crippen LogP contribution is -2.38. The molecule has 3 rings (SSSR count). The summed E-state index contributed by atoms with van der Waals surface area (Å²) >= 11 is 0. The van der Waals surface area contributed by atoms with E-state index in [1.165, 1.54) is 17.2 Å². The molecule has 0 amide bonds. The highest BCUT2D eigenvalue weighted by atomic mass is 19.4. The number of rotatable bonds is 5. The minimum Gasteiger partial charge on any atom is -0.379 e. The fraction of sp³-hybridized carbons (Fsp3) is 0.375. The highest BCUT2D eigenvalue weighted by molar-refractivity contribution is 5.79. The summed E-state index contributed by atoms with van der Waals surface area (Å²) in [6, 6.07) is 13.3. The Morgan fingerprint density at radius 2 is 1.81 bits per heavy atom. The first-order valence-corrected chi connectivity index (χ1v) is 10.4. The van der Waals surface area contributed by atoms with E-state index in [9.17, 15) is 13.2 Å². The Kier molecular flexibility index (Phi) is 8.54. The third-order valence-corrected chi connectivity index (χ3v) is 5.05. The van der Waals surface area contributed by atoms with Crippen molar-refractivity contribution >= 4 is 5.96 Å². The normalized spacial score (nSPS) is 15.1. The van der Waals surface area contributed by atoms with E-state index in [2.05, 4.69) is 44.5 Å². The van der Waals surface area contributed by atoms with Crippen molar-refractivity contribution in [3.8, 4) is 11.8 Å². The number of alkyl halides is 3. The topological polar surface area (TPSA) is 48.9 Å². The first-order valence-electron chi connectivity index (χ1n) is 10.4. The number of ether oxygens (including phenoxy) is 1. The van der Waals surface area contributed by atoms with Gasteiger partial charge in [0, 0.05) is 38.8 Å². The van der Waals surface area contributed by atoms with Crippen LogP contribution in [0, 0.1) is 11.8 Å². The quantitative estimate of drug-likeness (QED) is 0.422. The number of aliphatic imine (C=N–C) groups is 1.